The Morgan fingerprint density at radius 3 is 2.17 bits per heavy atom. The Balaban J connectivity index is 1.02. The van der Waals surface area contributed by atoms with Gasteiger partial charge in [0.15, 0.2) is 0 Å². The van der Waals surface area contributed by atoms with Crippen molar-refractivity contribution in [3.8, 4) is 11.6 Å². The van der Waals surface area contributed by atoms with E-state index in [0.717, 1.165) is 25.7 Å². The van der Waals surface area contributed by atoms with Crippen molar-refractivity contribution in [2.45, 2.75) is 48.9 Å². The van der Waals surface area contributed by atoms with Gasteiger partial charge < -0.3 is 14.7 Å². The number of rotatable bonds is 6. The van der Waals surface area contributed by atoms with Crippen LogP contribution < -0.4 is 9.64 Å². The minimum atomic E-state index is -1.01. The van der Waals surface area contributed by atoms with Crippen molar-refractivity contribution < 1.29 is 29.0 Å². The first-order valence-electron chi connectivity index (χ1n) is 13.5. The third-order valence-corrected chi connectivity index (χ3v) is 9.05. The maximum absolute atomic E-state index is 12.8. The van der Waals surface area contributed by atoms with Gasteiger partial charge in [0.2, 0.25) is 22.9 Å². The van der Waals surface area contributed by atoms with Crippen LogP contribution >= 0.6 is 11.8 Å². The molecular formula is C27H27N7O6S. The highest BCUT2D eigenvalue weighted by atomic mass is 32.2. The van der Waals surface area contributed by atoms with Crippen molar-refractivity contribution >= 4 is 41.3 Å². The molecule has 1 saturated carbocycles. The quantitative estimate of drug-likeness (QED) is 0.428. The first kappa shape index (κ1) is 26.9. The van der Waals surface area contributed by atoms with Crippen molar-refractivity contribution in [1.29, 1.82) is 0 Å². The van der Waals surface area contributed by atoms with Crippen LogP contribution in [-0.2, 0) is 9.59 Å². The molecule has 4 heterocycles. The van der Waals surface area contributed by atoms with Crippen LogP contribution in [0.3, 0.4) is 0 Å². The molecule has 212 valence electrons. The summed E-state index contributed by atoms with van der Waals surface area (Å²) in [4.78, 5) is 56.6. The number of thioether (sulfide) groups is 1. The van der Waals surface area contributed by atoms with Gasteiger partial charge in [-0.1, -0.05) is 24.6 Å². The predicted octanol–water partition coefficient (Wildman–Crippen LogP) is 3.19. The number of amides is 3. The number of ether oxygens (including phenoxy) is 1. The van der Waals surface area contributed by atoms with Crippen LogP contribution in [0.15, 0.2) is 47.8 Å². The minimum Gasteiger partial charge on any atom is -0.478 e. The zero-order chi connectivity index (χ0) is 28.5. The molecule has 0 spiro atoms. The van der Waals surface area contributed by atoms with Crippen LogP contribution in [0.25, 0.3) is 5.69 Å². The van der Waals surface area contributed by atoms with Gasteiger partial charge in [0.25, 0.3) is 0 Å². The molecule has 1 aliphatic carbocycles. The molecular weight excluding hydrogens is 550 g/mol. The number of pyridine rings is 1. The van der Waals surface area contributed by atoms with Gasteiger partial charge in [-0.25, -0.2) is 19.5 Å². The number of hydrogen-bond acceptors (Lipinski definition) is 10. The number of aromatic carboxylic acids is 1. The molecule has 3 fully saturated rings. The molecule has 14 heteroatoms. The van der Waals surface area contributed by atoms with E-state index in [1.54, 1.807) is 27.8 Å². The first-order chi connectivity index (χ1) is 19.9. The average Bonchev–Trinajstić information content (AvgIpc) is 3.56. The van der Waals surface area contributed by atoms with Crippen LogP contribution in [-0.4, -0.2) is 77.4 Å². The summed E-state index contributed by atoms with van der Waals surface area (Å²) in [5, 5.41) is 21.8. The molecule has 13 nitrogen and oxygen atoms in total. The summed E-state index contributed by atoms with van der Waals surface area (Å²) in [6.45, 7) is 0.950. The number of nitrogens with zero attached hydrogens (tertiary/aromatic N) is 7. The van der Waals surface area contributed by atoms with E-state index in [0.29, 0.717) is 42.5 Å². The number of carboxylic acids is 1. The number of carbonyl (C=O) groups excluding carboxylic acids is 3. The van der Waals surface area contributed by atoms with Gasteiger partial charge in [0.05, 0.1) is 35.0 Å². The number of benzene rings is 1. The number of carbonyl (C=O) groups is 4. The van der Waals surface area contributed by atoms with Gasteiger partial charge in [0, 0.05) is 24.4 Å². The molecule has 2 atom stereocenters. The molecule has 2 aliphatic heterocycles. The largest absolute Gasteiger partial charge is 0.478 e. The van der Waals surface area contributed by atoms with E-state index in [1.165, 1.54) is 41.1 Å². The smallest absolute Gasteiger partial charge is 0.416 e. The summed E-state index contributed by atoms with van der Waals surface area (Å²) in [6.07, 6.45) is 5.67. The summed E-state index contributed by atoms with van der Waals surface area (Å²) >= 11 is 1.50. The topological polar surface area (TPSA) is 161 Å². The van der Waals surface area contributed by atoms with E-state index >= 15 is 0 Å². The normalized spacial score (nSPS) is 21.2. The summed E-state index contributed by atoms with van der Waals surface area (Å²) in [6, 6.07) is 9.38. The number of anilines is 1. The Hall–Kier alpha value is -4.33. The fourth-order valence-electron chi connectivity index (χ4n) is 5.60. The standard InChI is InChI=1S/C27H27N7O6S/c35-23-20-3-1-2-4-21(20)24(36)33(23)18-9-10-22(28-15-18)40-27(39)32-13-11-19(12-14-32)41-26-29-30-31-34(26)17-7-5-16(6-8-17)25(37)38/h5-10,15,19-21H,1-4,11-14H2,(H,37,38). The molecule has 0 bridgehead atoms. The first-order valence-corrected chi connectivity index (χ1v) is 14.4. The minimum absolute atomic E-state index is 0.0971. The Bertz CT molecular complexity index is 1450. The highest BCUT2D eigenvalue weighted by molar-refractivity contribution is 7.99. The van der Waals surface area contributed by atoms with Gasteiger partial charge in [-0.15, -0.1) is 5.10 Å². The second-order valence-electron chi connectivity index (χ2n) is 10.3. The molecule has 0 radical (unpaired) electrons. The Kier molecular flexibility index (Phi) is 7.39. The maximum Gasteiger partial charge on any atom is 0.416 e. The SMILES string of the molecule is O=C(O)c1ccc(-n2nnnc2SC2CCN(C(=O)Oc3ccc(N4C(=O)C5CCCCC5C4=O)cn3)CC2)cc1. The molecule has 1 aromatic carbocycles. The maximum atomic E-state index is 12.8. The van der Waals surface area contributed by atoms with E-state index in [1.807, 2.05) is 0 Å². The average molecular weight is 578 g/mol. The number of tetrazole rings is 1. The molecule has 2 unspecified atom stereocenters. The fraction of sp³-hybridized carbons (Fsp3) is 0.407. The number of carboxylic acid groups (broad SMARTS) is 1. The highest BCUT2D eigenvalue weighted by Crippen LogP contribution is 2.40. The van der Waals surface area contributed by atoms with Gasteiger partial charge in [-0.3, -0.25) is 9.59 Å². The lowest BCUT2D eigenvalue weighted by molar-refractivity contribution is -0.122. The summed E-state index contributed by atoms with van der Waals surface area (Å²) in [5.74, 6) is -1.73. The zero-order valence-electron chi connectivity index (χ0n) is 22.0. The van der Waals surface area contributed by atoms with Gasteiger partial charge in [-0.05, 0) is 66.4 Å². The number of aromatic nitrogens is 5. The Morgan fingerprint density at radius 2 is 1.56 bits per heavy atom. The van der Waals surface area contributed by atoms with E-state index in [-0.39, 0.29) is 40.3 Å². The van der Waals surface area contributed by atoms with E-state index in [2.05, 4.69) is 20.5 Å². The number of fused-ring (bicyclic) bond motifs is 1. The van der Waals surface area contributed by atoms with Crippen molar-refractivity contribution in [3.63, 3.8) is 0 Å². The monoisotopic (exact) mass is 577 g/mol. The number of likely N-dealkylation sites (tertiary alicyclic amines) is 1. The van der Waals surface area contributed by atoms with E-state index < -0.39 is 12.1 Å². The van der Waals surface area contributed by atoms with Crippen molar-refractivity contribution in [2.75, 3.05) is 18.0 Å². The van der Waals surface area contributed by atoms with Crippen molar-refractivity contribution in [1.82, 2.24) is 30.1 Å². The third-order valence-electron chi connectivity index (χ3n) is 7.78. The summed E-state index contributed by atoms with van der Waals surface area (Å²) in [5.41, 5.74) is 1.22. The molecule has 3 amide bonds. The fourth-order valence-corrected chi connectivity index (χ4v) is 6.67. The molecule has 1 N–H and O–H groups in total. The summed E-state index contributed by atoms with van der Waals surface area (Å²) in [7, 11) is 0. The van der Waals surface area contributed by atoms with E-state index in [4.69, 9.17) is 9.84 Å². The van der Waals surface area contributed by atoms with E-state index in [9.17, 15) is 19.2 Å². The highest BCUT2D eigenvalue weighted by Gasteiger charge is 2.48. The lowest BCUT2D eigenvalue weighted by Crippen LogP contribution is -2.41. The lowest BCUT2D eigenvalue weighted by Gasteiger charge is -2.30. The molecule has 6 rings (SSSR count). The van der Waals surface area contributed by atoms with Crippen LogP contribution in [0.1, 0.15) is 48.9 Å². The summed E-state index contributed by atoms with van der Waals surface area (Å²) < 4.78 is 7.03. The second kappa shape index (κ2) is 11.3. The molecule has 2 aromatic heterocycles. The number of imide groups is 1. The Labute approximate surface area is 238 Å². The van der Waals surface area contributed by atoms with Crippen LogP contribution in [0.4, 0.5) is 10.5 Å². The van der Waals surface area contributed by atoms with Crippen molar-refractivity contribution in [3.05, 3.63) is 48.2 Å². The molecule has 3 aromatic rings. The van der Waals surface area contributed by atoms with Gasteiger partial charge in [-0.2, -0.15) is 4.68 Å². The van der Waals surface area contributed by atoms with Gasteiger partial charge >= 0.3 is 12.1 Å². The molecule has 3 aliphatic rings. The van der Waals surface area contributed by atoms with Crippen molar-refractivity contribution in [2.24, 2.45) is 11.8 Å². The molecule has 2 saturated heterocycles. The number of piperidine rings is 1. The van der Waals surface area contributed by atoms with Crippen LogP contribution in [0.5, 0.6) is 5.88 Å². The lowest BCUT2D eigenvalue weighted by atomic mass is 9.81. The predicted molar refractivity (Wildman–Crippen MR) is 145 cm³/mol. The number of hydrogen-bond donors (Lipinski definition) is 1. The zero-order valence-corrected chi connectivity index (χ0v) is 22.8. The third kappa shape index (κ3) is 5.38. The second-order valence-corrected chi connectivity index (χ2v) is 11.5. The van der Waals surface area contributed by atoms with Crippen LogP contribution in [0.2, 0.25) is 0 Å². The Morgan fingerprint density at radius 1 is 0.902 bits per heavy atom. The van der Waals surface area contributed by atoms with Crippen LogP contribution in [0, 0.1) is 11.8 Å². The molecule has 41 heavy (non-hydrogen) atoms. The van der Waals surface area contributed by atoms with Gasteiger partial charge in [0.1, 0.15) is 0 Å².